The highest BCUT2D eigenvalue weighted by Gasteiger charge is 2.28. The zero-order valence-corrected chi connectivity index (χ0v) is 15.1. The average molecular weight is 327 g/mol. The Morgan fingerprint density at radius 3 is 2.92 bits per heavy atom. The second kappa shape index (κ2) is 6.96. The number of nitrogens with zero attached hydrogens (tertiary/aromatic N) is 1. The molecule has 2 heterocycles. The fourth-order valence-electron chi connectivity index (χ4n) is 3.92. The maximum absolute atomic E-state index is 12.5. The Kier molecular flexibility index (Phi) is 4.93. The number of carbonyl (C=O) groups is 1. The number of hydrogen-bond acceptors (Lipinski definition) is 2. The summed E-state index contributed by atoms with van der Waals surface area (Å²) in [5.74, 6) is 0.887. The van der Waals surface area contributed by atoms with Gasteiger partial charge in [0, 0.05) is 23.8 Å². The van der Waals surface area contributed by atoms with Crippen LogP contribution < -0.4 is 5.32 Å². The van der Waals surface area contributed by atoms with Crippen LogP contribution >= 0.6 is 0 Å². The third-order valence-corrected chi connectivity index (χ3v) is 5.45. The van der Waals surface area contributed by atoms with Crippen molar-refractivity contribution < 1.29 is 4.79 Å². The van der Waals surface area contributed by atoms with Crippen LogP contribution in [0, 0.1) is 11.3 Å². The van der Waals surface area contributed by atoms with E-state index < -0.39 is 0 Å². The van der Waals surface area contributed by atoms with Gasteiger partial charge in [0.15, 0.2) is 0 Å². The minimum Gasteiger partial charge on any atom is -0.353 e. The number of aromatic nitrogens is 2. The van der Waals surface area contributed by atoms with Gasteiger partial charge in [-0.15, -0.1) is 0 Å². The number of aromatic amines is 1. The van der Waals surface area contributed by atoms with Gasteiger partial charge < -0.3 is 10.3 Å². The van der Waals surface area contributed by atoms with Crippen molar-refractivity contribution in [2.24, 2.45) is 11.3 Å². The number of hydrogen-bond donors (Lipinski definition) is 2. The summed E-state index contributed by atoms with van der Waals surface area (Å²) in [6.45, 7) is 7.00. The maximum atomic E-state index is 12.5. The largest absolute Gasteiger partial charge is 0.353 e. The summed E-state index contributed by atoms with van der Waals surface area (Å²) in [4.78, 5) is 19.9. The van der Waals surface area contributed by atoms with Crippen molar-refractivity contribution in [2.75, 3.05) is 0 Å². The van der Waals surface area contributed by atoms with Gasteiger partial charge in [-0.1, -0.05) is 27.2 Å². The molecular formula is C20H29N3O. The molecule has 2 aromatic heterocycles. The van der Waals surface area contributed by atoms with E-state index >= 15 is 0 Å². The van der Waals surface area contributed by atoms with Crippen LogP contribution in [0.3, 0.4) is 0 Å². The number of carbonyl (C=O) groups excluding carboxylic acids is 1. The first-order valence-corrected chi connectivity index (χ1v) is 9.14. The number of fused-ring (bicyclic) bond motifs is 1. The SMILES string of the molecule is CC(C)(C)[C@H]1CCC[C@@H](NC(=O)Cc2c[nH]c3ncccc23)CC1. The van der Waals surface area contributed by atoms with Crippen molar-refractivity contribution in [2.45, 2.75) is 65.3 Å². The fraction of sp³-hybridized carbons (Fsp3) is 0.600. The van der Waals surface area contributed by atoms with Crippen molar-refractivity contribution in [1.29, 1.82) is 0 Å². The molecule has 130 valence electrons. The molecule has 1 aliphatic carbocycles. The van der Waals surface area contributed by atoms with Crippen LogP contribution in [0.1, 0.15) is 58.4 Å². The van der Waals surface area contributed by atoms with E-state index in [-0.39, 0.29) is 5.91 Å². The topological polar surface area (TPSA) is 57.8 Å². The van der Waals surface area contributed by atoms with Crippen LogP contribution in [-0.4, -0.2) is 21.9 Å². The minimum absolute atomic E-state index is 0.124. The lowest BCUT2D eigenvalue weighted by molar-refractivity contribution is -0.121. The lowest BCUT2D eigenvalue weighted by Gasteiger charge is -2.29. The Morgan fingerprint density at radius 1 is 1.29 bits per heavy atom. The maximum Gasteiger partial charge on any atom is 0.224 e. The van der Waals surface area contributed by atoms with E-state index in [0.717, 1.165) is 35.4 Å². The molecule has 2 atom stereocenters. The molecule has 1 fully saturated rings. The third kappa shape index (κ3) is 3.97. The predicted octanol–water partition coefficient (Wildman–Crippen LogP) is 4.22. The van der Waals surface area contributed by atoms with Crippen molar-refractivity contribution in [3.8, 4) is 0 Å². The van der Waals surface area contributed by atoms with E-state index in [1.54, 1.807) is 6.20 Å². The summed E-state index contributed by atoms with van der Waals surface area (Å²) in [6.07, 6.45) is 10.0. The summed E-state index contributed by atoms with van der Waals surface area (Å²) in [5.41, 5.74) is 2.25. The lowest BCUT2D eigenvalue weighted by atomic mass is 9.76. The Bertz CT molecular complexity index is 698. The van der Waals surface area contributed by atoms with Gasteiger partial charge in [-0.25, -0.2) is 4.98 Å². The molecule has 4 nitrogen and oxygen atoms in total. The molecule has 2 aromatic rings. The van der Waals surface area contributed by atoms with E-state index in [1.807, 2.05) is 18.3 Å². The van der Waals surface area contributed by atoms with Gasteiger partial charge in [0.25, 0.3) is 0 Å². The van der Waals surface area contributed by atoms with Crippen molar-refractivity contribution in [1.82, 2.24) is 15.3 Å². The molecule has 0 unspecified atom stereocenters. The normalized spacial score (nSPS) is 22.3. The highest BCUT2D eigenvalue weighted by Crippen LogP contribution is 2.36. The zero-order valence-electron chi connectivity index (χ0n) is 15.1. The van der Waals surface area contributed by atoms with E-state index in [1.165, 1.54) is 19.3 Å². The Balaban J connectivity index is 1.57. The number of nitrogens with one attached hydrogen (secondary N) is 2. The Hall–Kier alpha value is -1.84. The van der Waals surface area contributed by atoms with Gasteiger partial charge in [-0.2, -0.15) is 0 Å². The molecular weight excluding hydrogens is 298 g/mol. The van der Waals surface area contributed by atoms with Crippen LogP contribution in [0.4, 0.5) is 0 Å². The molecule has 0 spiro atoms. The molecule has 0 aliphatic heterocycles. The molecule has 0 radical (unpaired) electrons. The molecule has 2 N–H and O–H groups in total. The standard InChI is InChI=1S/C20H29N3O/c1-20(2,3)15-6-4-7-16(10-9-15)23-18(24)12-14-13-22-19-17(14)8-5-11-21-19/h5,8,11,13,15-16H,4,6-7,9-10,12H2,1-3H3,(H,21,22)(H,23,24)/t15-,16+/m0/s1. The molecule has 1 amide bonds. The monoisotopic (exact) mass is 327 g/mol. The summed E-state index contributed by atoms with van der Waals surface area (Å²) in [5, 5.41) is 4.30. The van der Waals surface area contributed by atoms with Gasteiger partial charge in [0.2, 0.25) is 5.91 Å². The Labute approximate surface area is 144 Å². The number of pyridine rings is 1. The van der Waals surface area contributed by atoms with Gasteiger partial charge in [-0.05, 0) is 54.7 Å². The number of amides is 1. The van der Waals surface area contributed by atoms with Crippen LogP contribution in [0.2, 0.25) is 0 Å². The minimum atomic E-state index is 0.124. The van der Waals surface area contributed by atoms with Gasteiger partial charge in [0.05, 0.1) is 6.42 Å². The molecule has 1 saturated carbocycles. The third-order valence-electron chi connectivity index (χ3n) is 5.45. The number of rotatable bonds is 3. The second-order valence-electron chi connectivity index (χ2n) is 8.23. The Morgan fingerprint density at radius 2 is 2.12 bits per heavy atom. The molecule has 0 saturated heterocycles. The highest BCUT2D eigenvalue weighted by atomic mass is 16.1. The van der Waals surface area contributed by atoms with Crippen molar-refractivity contribution in [3.63, 3.8) is 0 Å². The molecule has 0 bridgehead atoms. The molecule has 0 aromatic carbocycles. The van der Waals surface area contributed by atoms with Crippen molar-refractivity contribution in [3.05, 3.63) is 30.1 Å². The number of H-pyrrole nitrogens is 1. The smallest absolute Gasteiger partial charge is 0.224 e. The second-order valence-corrected chi connectivity index (χ2v) is 8.23. The summed E-state index contributed by atoms with van der Waals surface area (Å²) < 4.78 is 0. The van der Waals surface area contributed by atoms with Crippen LogP contribution in [0.25, 0.3) is 11.0 Å². The fourth-order valence-corrected chi connectivity index (χ4v) is 3.92. The first-order chi connectivity index (χ1) is 11.4. The quantitative estimate of drug-likeness (QED) is 0.829. The average Bonchev–Trinajstić information content (AvgIpc) is 2.76. The molecule has 24 heavy (non-hydrogen) atoms. The molecule has 4 heteroatoms. The van der Waals surface area contributed by atoms with E-state index in [0.29, 0.717) is 17.9 Å². The summed E-state index contributed by atoms with van der Waals surface area (Å²) in [6, 6.07) is 4.25. The van der Waals surface area contributed by atoms with E-state index in [4.69, 9.17) is 0 Å². The lowest BCUT2D eigenvalue weighted by Crippen LogP contribution is -2.35. The first kappa shape index (κ1) is 17.0. The predicted molar refractivity (Wildman–Crippen MR) is 97.8 cm³/mol. The van der Waals surface area contributed by atoms with Gasteiger partial charge in [-0.3, -0.25) is 4.79 Å². The molecule has 3 rings (SSSR count). The van der Waals surface area contributed by atoms with E-state index in [9.17, 15) is 4.79 Å². The van der Waals surface area contributed by atoms with Crippen LogP contribution in [-0.2, 0) is 11.2 Å². The summed E-state index contributed by atoms with van der Waals surface area (Å²) in [7, 11) is 0. The zero-order chi connectivity index (χ0) is 17.2. The first-order valence-electron chi connectivity index (χ1n) is 9.14. The summed E-state index contributed by atoms with van der Waals surface area (Å²) >= 11 is 0. The van der Waals surface area contributed by atoms with Crippen molar-refractivity contribution >= 4 is 16.9 Å². The van der Waals surface area contributed by atoms with Crippen LogP contribution in [0.5, 0.6) is 0 Å². The molecule has 1 aliphatic rings. The highest BCUT2D eigenvalue weighted by molar-refractivity contribution is 5.87. The van der Waals surface area contributed by atoms with E-state index in [2.05, 4.69) is 36.1 Å². The van der Waals surface area contributed by atoms with Gasteiger partial charge >= 0.3 is 0 Å². The van der Waals surface area contributed by atoms with Gasteiger partial charge in [0.1, 0.15) is 5.65 Å². The van der Waals surface area contributed by atoms with Crippen LogP contribution in [0.15, 0.2) is 24.5 Å².